The molecular formula is C16H20ClN3O3. The van der Waals surface area contributed by atoms with E-state index in [9.17, 15) is 9.59 Å². The third-order valence-corrected chi connectivity index (χ3v) is 4.89. The predicted molar refractivity (Wildman–Crippen MR) is 87.3 cm³/mol. The molecule has 1 unspecified atom stereocenters. The highest BCUT2D eigenvalue weighted by Gasteiger charge is 2.48. The number of ether oxygens (including phenoxy) is 1. The molecule has 1 atom stereocenters. The van der Waals surface area contributed by atoms with Gasteiger partial charge in [0.25, 0.3) is 0 Å². The lowest BCUT2D eigenvalue weighted by Gasteiger charge is -2.42. The number of hydrogen-bond acceptors (Lipinski definition) is 4. The van der Waals surface area contributed by atoms with E-state index >= 15 is 0 Å². The average molecular weight is 338 g/mol. The zero-order valence-electron chi connectivity index (χ0n) is 12.9. The van der Waals surface area contributed by atoms with Crippen molar-refractivity contribution in [3.63, 3.8) is 0 Å². The molecule has 2 fully saturated rings. The molecule has 1 aromatic carbocycles. The van der Waals surface area contributed by atoms with Crippen molar-refractivity contribution in [2.45, 2.75) is 36.9 Å². The number of carbonyl (C=O) groups excluding carboxylic acids is 2. The van der Waals surface area contributed by atoms with Crippen LogP contribution in [0.2, 0.25) is 5.02 Å². The Morgan fingerprint density at radius 2 is 2.13 bits per heavy atom. The number of nitrogens with two attached hydrogens (primary N) is 1. The van der Waals surface area contributed by atoms with Crippen molar-refractivity contribution in [1.82, 2.24) is 5.32 Å². The molecule has 3 N–H and O–H groups in total. The molecule has 1 aliphatic heterocycles. The van der Waals surface area contributed by atoms with E-state index in [1.165, 1.54) is 0 Å². The smallest absolute Gasteiger partial charge is 0.240 e. The molecule has 6 nitrogen and oxygen atoms in total. The van der Waals surface area contributed by atoms with Crippen molar-refractivity contribution in [2.24, 2.45) is 5.73 Å². The number of nitrogens with zero attached hydrogens (tertiary/aromatic N) is 1. The Kier molecular flexibility index (Phi) is 4.31. The van der Waals surface area contributed by atoms with Gasteiger partial charge in [0.05, 0.1) is 22.9 Å². The van der Waals surface area contributed by atoms with Gasteiger partial charge in [-0.2, -0.15) is 0 Å². The Morgan fingerprint density at radius 1 is 1.43 bits per heavy atom. The van der Waals surface area contributed by atoms with Crippen LogP contribution in [0.25, 0.3) is 0 Å². The molecule has 124 valence electrons. The van der Waals surface area contributed by atoms with Gasteiger partial charge in [-0.25, -0.2) is 0 Å². The molecule has 3 rings (SSSR count). The first-order valence-corrected chi connectivity index (χ1v) is 7.98. The van der Waals surface area contributed by atoms with Gasteiger partial charge in [0.2, 0.25) is 11.8 Å². The lowest BCUT2D eigenvalue weighted by atomic mass is 9.74. The summed E-state index contributed by atoms with van der Waals surface area (Å²) >= 11 is 6.14. The molecule has 1 heterocycles. The summed E-state index contributed by atoms with van der Waals surface area (Å²) in [6, 6.07) is 6.92. The van der Waals surface area contributed by atoms with Gasteiger partial charge >= 0.3 is 0 Å². The summed E-state index contributed by atoms with van der Waals surface area (Å²) in [6.45, 7) is 0.401. The molecule has 2 amide bonds. The first-order valence-electron chi connectivity index (χ1n) is 7.60. The van der Waals surface area contributed by atoms with E-state index in [1.807, 2.05) is 12.1 Å². The number of carbonyl (C=O) groups is 2. The molecule has 0 radical (unpaired) electrons. The number of amides is 2. The Labute approximate surface area is 139 Å². The van der Waals surface area contributed by atoms with E-state index in [0.717, 1.165) is 0 Å². The van der Waals surface area contributed by atoms with Crippen LogP contribution in [0.4, 0.5) is 5.69 Å². The standard InChI is InChI=1S/C16H20ClN3O3/c1-23-11-7-16(18,8-11)15(22)19-10-6-14(21)20(9-10)13-5-3-2-4-12(13)17/h2-5,10-11H,6-9,18H2,1H3,(H,19,22). The lowest BCUT2D eigenvalue weighted by Crippen LogP contribution is -2.65. The third-order valence-electron chi connectivity index (χ3n) is 4.57. The van der Waals surface area contributed by atoms with Gasteiger partial charge in [0.1, 0.15) is 5.54 Å². The summed E-state index contributed by atoms with van der Waals surface area (Å²) in [5.41, 5.74) is 5.86. The minimum Gasteiger partial charge on any atom is -0.381 e. The van der Waals surface area contributed by atoms with Crippen LogP contribution < -0.4 is 16.0 Å². The van der Waals surface area contributed by atoms with Crippen LogP contribution in [0.15, 0.2) is 24.3 Å². The predicted octanol–water partition coefficient (Wildman–Crippen LogP) is 1.07. The lowest BCUT2D eigenvalue weighted by molar-refractivity contribution is -0.136. The van der Waals surface area contributed by atoms with Crippen molar-refractivity contribution in [3.05, 3.63) is 29.3 Å². The number of para-hydroxylation sites is 1. The molecule has 1 aliphatic carbocycles. The Bertz CT molecular complexity index is 631. The topological polar surface area (TPSA) is 84.7 Å². The molecular weight excluding hydrogens is 318 g/mol. The van der Waals surface area contributed by atoms with Crippen molar-refractivity contribution >= 4 is 29.1 Å². The van der Waals surface area contributed by atoms with Crippen molar-refractivity contribution in [3.8, 4) is 0 Å². The number of methoxy groups -OCH3 is 1. The fourth-order valence-electron chi connectivity index (χ4n) is 3.14. The molecule has 2 aliphatic rings. The Balaban J connectivity index is 1.62. The third kappa shape index (κ3) is 3.06. The van der Waals surface area contributed by atoms with Crippen molar-refractivity contribution in [2.75, 3.05) is 18.6 Å². The zero-order chi connectivity index (χ0) is 16.6. The van der Waals surface area contributed by atoms with Gasteiger partial charge in [-0.05, 0) is 12.1 Å². The van der Waals surface area contributed by atoms with Crippen LogP contribution >= 0.6 is 11.6 Å². The first-order chi connectivity index (χ1) is 10.9. The minimum atomic E-state index is -0.887. The summed E-state index contributed by atoms with van der Waals surface area (Å²) < 4.78 is 5.17. The van der Waals surface area contributed by atoms with Gasteiger partial charge in [0, 0.05) is 32.9 Å². The average Bonchev–Trinajstić information content (AvgIpc) is 2.84. The zero-order valence-corrected chi connectivity index (χ0v) is 13.7. The second-order valence-electron chi connectivity index (χ2n) is 6.25. The fraction of sp³-hybridized carbons (Fsp3) is 0.500. The monoisotopic (exact) mass is 337 g/mol. The molecule has 7 heteroatoms. The maximum absolute atomic E-state index is 12.3. The van der Waals surface area contributed by atoms with Gasteiger partial charge in [-0.1, -0.05) is 23.7 Å². The normalized spacial score (nSPS) is 30.2. The highest BCUT2D eigenvalue weighted by molar-refractivity contribution is 6.33. The summed E-state index contributed by atoms with van der Waals surface area (Å²) in [6.07, 6.45) is 1.30. The van der Waals surface area contributed by atoms with Gasteiger partial charge in [-0.3, -0.25) is 9.59 Å². The minimum absolute atomic E-state index is 0.0376. The van der Waals surface area contributed by atoms with E-state index in [2.05, 4.69) is 5.32 Å². The van der Waals surface area contributed by atoms with Crippen LogP contribution in [0.3, 0.4) is 0 Å². The summed E-state index contributed by atoms with van der Waals surface area (Å²) in [4.78, 5) is 26.2. The van der Waals surface area contributed by atoms with Gasteiger partial charge in [-0.15, -0.1) is 0 Å². The van der Waals surface area contributed by atoms with Crippen molar-refractivity contribution in [1.29, 1.82) is 0 Å². The number of halogens is 1. The van der Waals surface area contributed by atoms with E-state index in [4.69, 9.17) is 22.1 Å². The molecule has 23 heavy (non-hydrogen) atoms. The van der Waals surface area contributed by atoms with Crippen LogP contribution in [-0.4, -0.2) is 43.2 Å². The largest absolute Gasteiger partial charge is 0.381 e. The second-order valence-corrected chi connectivity index (χ2v) is 6.66. The van der Waals surface area contributed by atoms with Crippen LogP contribution in [-0.2, 0) is 14.3 Å². The van der Waals surface area contributed by atoms with Crippen LogP contribution in [0, 0.1) is 0 Å². The maximum atomic E-state index is 12.3. The quantitative estimate of drug-likeness (QED) is 0.860. The molecule has 1 saturated heterocycles. The van der Waals surface area contributed by atoms with Crippen LogP contribution in [0.1, 0.15) is 19.3 Å². The van der Waals surface area contributed by atoms with E-state index < -0.39 is 5.54 Å². The Hall–Kier alpha value is -1.63. The highest BCUT2D eigenvalue weighted by atomic mass is 35.5. The molecule has 1 saturated carbocycles. The maximum Gasteiger partial charge on any atom is 0.240 e. The van der Waals surface area contributed by atoms with E-state index in [-0.39, 0.29) is 30.4 Å². The summed E-state index contributed by atoms with van der Waals surface area (Å²) in [5, 5.41) is 3.41. The molecule has 0 bridgehead atoms. The summed E-state index contributed by atoms with van der Waals surface area (Å²) in [7, 11) is 1.61. The molecule has 0 spiro atoms. The molecule has 1 aromatic rings. The first kappa shape index (κ1) is 16.2. The fourth-order valence-corrected chi connectivity index (χ4v) is 3.38. The van der Waals surface area contributed by atoms with Crippen molar-refractivity contribution < 1.29 is 14.3 Å². The van der Waals surface area contributed by atoms with E-state index in [1.54, 1.807) is 24.1 Å². The second kappa shape index (κ2) is 6.11. The Morgan fingerprint density at radius 3 is 2.78 bits per heavy atom. The SMILES string of the molecule is COC1CC(N)(C(=O)NC2CC(=O)N(c3ccccc3Cl)C2)C1. The van der Waals surface area contributed by atoms with Crippen LogP contribution in [0.5, 0.6) is 0 Å². The number of benzene rings is 1. The van der Waals surface area contributed by atoms with Gasteiger partial charge in [0.15, 0.2) is 0 Å². The number of nitrogens with one attached hydrogen (secondary N) is 1. The molecule has 0 aromatic heterocycles. The summed E-state index contributed by atoms with van der Waals surface area (Å²) in [5.74, 6) is -0.276. The van der Waals surface area contributed by atoms with Gasteiger partial charge < -0.3 is 20.7 Å². The number of anilines is 1. The number of rotatable bonds is 4. The number of hydrogen-bond donors (Lipinski definition) is 2. The van der Waals surface area contributed by atoms with E-state index in [0.29, 0.717) is 30.1 Å². The highest BCUT2D eigenvalue weighted by Crippen LogP contribution is 2.33.